The second-order valence-corrected chi connectivity index (χ2v) is 10.7. The van der Waals surface area contributed by atoms with Gasteiger partial charge in [-0.2, -0.15) is 0 Å². The zero-order chi connectivity index (χ0) is 30.7. The van der Waals surface area contributed by atoms with Gasteiger partial charge < -0.3 is 30.9 Å². The number of hydrogen-bond acceptors (Lipinski definition) is 10. The lowest BCUT2D eigenvalue weighted by atomic mass is 9.55. The molecule has 218 valence electrons. The van der Waals surface area contributed by atoms with Gasteiger partial charge in [0.05, 0.1) is 29.0 Å². The lowest BCUT2D eigenvalue weighted by molar-refractivity contribution is -0.181. The highest BCUT2D eigenvalue weighted by atomic mass is 16.5. The SMILES string of the molecule is CCC(=O)O[C@@H]1[C@@H]2[C@H](N(C)C)C(=O)C(C(N)=O)=C(O)[C@@]2(O)C(=O)C2=C(O)c3c(O)cccc3/C(=C\c3ccccc3)[C@@H]21. The number of aromatic hydroxyl groups is 1. The van der Waals surface area contributed by atoms with E-state index in [1.807, 2.05) is 0 Å². The summed E-state index contributed by atoms with van der Waals surface area (Å²) < 4.78 is 5.90. The minimum Gasteiger partial charge on any atom is -0.508 e. The molecule has 0 unspecified atom stereocenters. The second-order valence-electron chi connectivity index (χ2n) is 10.7. The first kappa shape index (κ1) is 28.8. The summed E-state index contributed by atoms with van der Waals surface area (Å²) in [5, 5.41) is 45.7. The number of fused-ring (bicyclic) bond motifs is 3. The Hall–Kier alpha value is -4.74. The molecule has 0 aliphatic heterocycles. The molecule has 3 aliphatic rings. The highest BCUT2D eigenvalue weighted by molar-refractivity contribution is 6.25. The fraction of sp³-hybridized carbons (Fsp3) is 0.290. The summed E-state index contributed by atoms with van der Waals surface area (Å²) in [6, 6.07) is 11.9. The molecule has 3 aliphatic carbocycles. The molecule has 0 saturated heterocycles. The largest absolute Gasteiger partial charge is 0.508 e. The first-order chi connectivity index (χ1) is 19.9. The summed E-state index contributed by atoms with van der Waals surface area (Å²) in [4.78, 5) is 54.6. The quantitative estimate of drug-likeness (QED) is 0.261. The Balaban J connectivity index is 1.92. The zero-order valence-electron chi connectivity index (χ0n) is 23.1. The van der Waals surface area contributed by atoms with Crippen molar-refractivity contribution < 1.29 is 44.3 Å². The number of nitrogens with zero attached hydrogens (tertiary/aromatic N) is 1. The molecule has 5 atom stereocenters. The summed E-state index contributed by atoms with van der Waals surface area (Å²) >= 11 is 0. The number of esters is 1. The summed E-state index contributed by atoms with van der Waals surface area (Å²) in [7, 11) is 2.93. The Kier molecular flexibility index (Phi) is 7.04. The number of nitrogens with two attached hydrogens (primary N) is 1. The molecule has 2 aromatic rings. The van der Waals surface area contributed by atoms with Crippen molar-refractivity contribution in [3.8, 4) is 5.75 Å². The highest BCUT2D eigenvalue weighted by Crippen LogP contribution is 2.57. The van der Waals surface area contributed by atoms with E-state index in [9.17, 15) is 39.6 Å². The first-order valence-corrected chi connectivity index (χ1v) is 13.3. The van der Waals surface area contributed by atoms with Crippen LogP contribution >= 0.6 is 0 Å². The number of benzene rings is 2. The molecule has 1 amide bonds. The standard InChI is InChI=1S/C31H30N2O9/c1-4-18(35)42-27-20-16(13-14-9-6-5-7-10-14)15-11-8-12-17(34)19(15)25(36)21(20)28(38)31(41)23(27)24(33(2)3)26(37)22(29(31)39)30(32)40/h5-13,20,23-24,27,34,36,39,41H,4H2,1-3H3,(H2,32,40)/b16-13+/t20-,23-,24-,27-,31-/m0/s1. The third-order valence-electron chi connectivity index (χ3n) is 8.18. The molecule has 2 aromatic carbocycles. The van der Waals surface area contributed by atoms with Gasteiger partial charge in [0.15, 0.2) is 11.4 Å². The topological polar surface area (TPSA) is 188 Å². The van der Waals surface area contributed by atoms with Gasteiger partial charge in [-0.05, 0) is 36.9 Å². The van der Waals surface area contributed by atoms with Crippen LogP contribution < -0.4 is 5.73 Å². The Labute approximate surface area is 240 Å². The number of rotatable bonds is 5. The normalized spacial score (nSPS) is 28.0. The number of amides is 1. The fourth-order valence-electron chi connectivity index (χ4n) is 6.38. The first-order valence-electron chi connectivity index (χ1n) is 13.3. The van der Waals surface area contributed by atoms with E-state index in [-0.39, 0.29) is 17.7 Å². The molecule has 11 heteroatoms. The van der Waals surface area contributed by atoms with Gasteiger partial charge in [-0.25, -0.2) is 0 Å². The van der Waals surface area contributed by atoms with Gasteiger partial charge in [0.25, 0.3) is 5.91 Å². The Morgan fingerprint density at radius 2 is 1.71 bits per heavy atom. The number of likely N-dealkylation sites (N-methyl/N-ethyl adjacent to an activating group) is 1. The lowest BCUT2D eigenvalue weighted by Crippen LogP contribution is -2.70. The minimum absolute atomic E-state index is 0.114. The number of carbonyl (C=O) groups excluding carboxylic acids is 4. The van der Waals surface area contributed by atoms with Crippen molar-refractivity contribution in [2.45, 2.75) is 31.1 Å². The zero-order valence-corrected chi connectivity index (χ0v) is 23.1. The van der Waals surface area contributed by atoms with Gasteiger partial charge in [-0.15, -0.1) is 0 Å². The van der Waals surface area contributed by atoms with E-state index >= 15 is 0 Å². The molecule has 1 saturated carbocycles. The number of phenols is 1. The van der Waals surface area contributed by atoms with Crippen LogP contribution in [0.25, 0.3) is 17.4 Å². The summed E-state index contributed by atoms with van der Waals surface area (Å²) in [6.07, 6.45) is 0.0625. The van der Waals surface area contributed by atoms with E-state index in [2.05, 4.69) is 0 Å². The van der Waals surface area contributed by atoms with Gasteiger partial charge in [-0.3, -0.25) is 24.1 Å². The fourth-order valence-corrected chi connectivity index (χ4v) is 6.38. The maximum Gasteiger partial charge on any atom is 0.305 e. The van der Waals surface area contributed by atoms with Crippen LogP contribution in [0.15, 0.2) is 65.4 Å². The van der Waals surface area contributed by atoms with E-state index < -0.39 is 75.7 Å². The smallest absolute Gasteiger partial charge is 0.305 e. The lowest BCUT2D eigenvalue weighted by Gasteiger charge is -2.53. The number of phenolic OH excluding ortho intramolecular Hbond substituents is 1. The molecule has 11 nitrogen and oxygen atoms in total. The van der Waals surface area contributed by atoms with Crippen LogP contribution in [0.5, 0.6) is 5.75 Å². The van der Waals surface area contributed by atoms with Crippen molar-refractivity contribution in [2.24, 2.45) is 17.6 Å². The van der Waals surface area contributed by atoms with Crippen LogP contribution in [0, 0.1) is 11.8 Å². The average Bonchev–Trinajstić information content (AvgIpc) is 2.94. The number of primary amides is 1. The summed E-state index contributed by atoms with van der Waals surface area (Å²) in [5.74, 6) is -9.58. The number of ketones is 2. The molecular formula is C31H30N2O9. The van der Waals surface area contributed by atoms with E-state index in [0.29, 0.717) is 16.7 Å². The van der Waals surface area contributed by atoms with Gasteiger partial charge in [0.1, 0.15) is 28.9 Å². The number of carbonyl (C=O) groups is 4. The van der Waals surface area contributed by atoms with Gasteiger partial charge in [0, 0.05) is 6.42 Å². The van der Waals surface area contributed by atoms with E-state index in [0.717, 1.165) is 0 Å². The van der Waals surface area contributed by atoms with E-state index in [4.69, 9.17) is 10.5 Å². The third-order valence-corrected chi connectivity index (χ3v) is 8.18. The van der Waals surface area contributed by atoms with Crippen LogP contribution in [0.3, 0.4) is 0 Å². The molecule has 0 spiro atoms. The number of Topliss-reactive ketones (excluding diaryl/α,β-unsaturated/α-hetero) is 2. The molecule has 5 rings (SSSR count). The second kappa shape index (κ2) is 10.3. The van der Waals surface area contributed by atoms with Crippen LogP contribution in [-0.4, -0.2) is 80.6 Å². The number of aliphatic hydroxyl groups is 3. The molecule has 1 fully saturated rings. The van der Waals surface area contributed by atoms with Crippen LogP contribution in [0.2, 0.25) is 0 Å². The van der Waals surface area contributed by atoms with Gasteiger partial charge in [0.2, 0.25) is 5.78 Å². The molecular weight excluding hydrogens is 544 g/mol. The van der Waals surface area contributed by atoms with Crippen molar-refractivity contribution in [1.82, 2.24) is 4.90 Å². The van der Waals surface area contributed by atoms with Gasteiger partial charge in [-0.1, -0.05) is 55.5 Å². The average molecular weight is 575 g/mol. The van der Waals surface area contributed by atoms with Crippen molar-refractivity contribution in [2.75, 3.05) is 14.1 Å². The maximum atomic E-state index is 14.4. The van der Waals surface area contributed by atoms with E-state index in [1.54, 1.807) is 48.5 Å². The van der Waals surface area contributed by atoms with Crippen LogP contribution in [-0.2, 0) is 23.9 Å². The summed E-state index contributed by atoms with van der Waals surface area (Å²) in [5.41, 5.74) is 2.18. The molecule has 0 bridgehead atoms. The van der Waals surface area contributed by atoms with Crippen molar-refractivity contribution >= 4 is 40.9 Å². The van der Waals surface area contributed by atoms with Crippen LogP contribution in [0.4, 0.5) is 0 Å². The monoisotopic (exact) mass is 574 g/mol. The number of hydrogen-bond donors (Lipinski definition) is 5. The third kappa shape index (κ3) is 4.04. The molecule has 0 heterocycles. The number of ether oxygens (including phenoxy) is 1. The predicted octanol–water partition coefficient (Wildman–Crippen LogP) is 1.89. The molecule has 0 radical (unpaired) electrons. The predicted molar refractivity (Wildman–Crippen MR) is 150 cm³/mol. The van der Waals surface area contributed by atoms with E-state index in [1.165, 1.54) is 32.0 Å². The summed E-state index contributed by atoms with van der Waals surface area (Å²) in [6.45, 7) is 1.53. The number of aliphatic hydroxyl groups excluding tert-OH is 2. The van der Waals surface area contributed by atoms with Crippen LogP contribution in [0.1, 0.15) is 30.0 Å². The Morgan fingerprint density at radius 1 is 1.05 bits per heavy atom. The molecule has 0 aromatic heterocycles. The van der Waals surface area contributed by atoms with Crippen molar-refractivity contribution in [1.29, 1.82) is 0 Å². The van der Waals surface area contributed by atoms with Crippen molar-refractivity contribution in [3.05, 3.63) is 82.1 Å². The highest BCUT2D eigenvalue weighted by Gasteiger charge is 2.69. The van der Waals surface area contributed by atoms with Crippen molar-refractivity contribution in [3.63, 3.8) is 0 Å². The molecule has 42 heavy (non-hydrogen) atoms. The Bertz CT molecular complexity index is 1620. The molecule has 6 N–H and O–H groups in total. The van der Waals surface area contributed by atoms with Gasteiger partial charge >= 0.3 is 5.97 Å². The maximum absolute atomic E-state index is 14.4. The minimum atomic E-state index is -3.01. The Morgan fingerprint density at radius 3 is 2.31 bits per heavy atom.